The van der Waals surface area contributed by atoms with Crippen molar-refractivity contribution in [1.29, 1.82) is 5.26 Å². The van der Waals surface area contributed by atoms with Crippen molar-refractivity contribution in [3.8, 4) is 6.07 Å². The molecule has 2 nitrogen and oxygen atoms in total. The molecule has 0 heterocycles. The molecule has 0 aliphatic heterocycles. The number of anilines is 1. The van der Waals surface area contributed by atoms with E-state index in [0.717, 1.165) is 25.8 Å². The number of unbranched alkanes of at least 4 members (excludes halogenated alkanes) is 1. The van der Waals surface area contributed by atoms with E-state index in [1.54, 1.807) is 0 Å². The molecule has 2 heteroatoms. The first-order valence-electron chi connectivity index (χ1n) is 7.88. The number of fused-ring (bicyclic) bond motifs is 1. The Morgan fingerprint density at radius 2 is 2.00 bits per heavy atom. The van der Waals surface area contributed by atoms with Crippen LogP contribution in [-0.4, -0.2) is 6.54 Å². The fraction of sp³-hybridized carbons (Fsp3) is 0.611. The number of aryl methyl sites for hydroxylation is 1. The molecule has 2 rings (SSSR count). The van der Waals surface area contributed by atoms with Crippen molar-refractivity contribution in [2.24, 2.45) is 5.41 Å². The van der Waals surface area contributed by atoms with Gasteiger partial charge >= 0.3 is 0 Å². The van der Waals surface area contributed by atoms with Gasteiger partial charge in [-0.2, -0.15) is 5.26 Å². The number of nitrogens with zero attached hydrogens (tertiary/aromatic N) is 1. The second-order valence-electron chi connectivity index (χ2n) is 6.53. The zero-order valence-electron chi connectivity index (χ0n) is 12.8. The van der Waals surface area contributed by atoms with Crippen LogP contribution in [0.2, 0.25) is 0 Å². The molecule has 1 aliphatic carbocycles. The van der Waals surface area contributed by atoms with Crippen LogP contribution in [0, 0.1) is 16.7 Å². The van der Waals surface area contributed by atoms with Gasteiger partial charge in [0.1, 0.15) is 0 Å². The van der Waals surface area contributed by atoms with Crippen LogP contribution in [0.25, 0.3) is 0 Å². The summed E-state index contributed by atoms with van der Waals surface area (Å²) < 4.78 is 0. The highest BCUT2D eigenvalue weighted by molar-refractivity contribution is 5.55. The largest absolute Gasteiger partial charge is 0.385 e. The number of benzene rings is 1. The third kappa shape index (κ3) is 4.00. The van der Waals surface area contributed by atoms with Crippen LogP contribution in [0.15, 0.2) is 18.2 Å². The van der Waals surface area contributed by atoms with Crippen molar-refractivity contribution >= 4 is 5.69 Å². The number of nitriles is 1. The minimum atomic E-state index is -0.175. The average molecular weight is 270 g/mol. The molecule has 20 heavy (non-hydrogen) atoms. The Balaban J connectivity index is 1.79. The number of nitrogens with one attached hydrogen (secondary N) is 1. The molecule has 0 fully saturated rings. The maximum absolute atomic E-state index is 9.00. The lowest BCUT2D eigenvalue weighted by Crippen LogP contribution is -2.11. The first-order chi connectivity index (χ1) is 9.62. The Morgan fingerprint density at radius 3 is 2.80 bits per heavy atom. The Bertz CT molecular complexity index is 483. The van der Waals surface area contributed by atoms with Crippen molar-refractivity contribution in [2.45, 2.75) is 58.8 Å². The molecule has 1 N–H and O–H groups in total. The van der Waals surface area contributed by atoms with Crippen LogP contribution < -0.4 is 5.32 Å². The van der Waals surface area contributed by atoms with E-state index in [0.29, 0.717) is 0 Å². The van der Waals surface area contributed by atoms with Crippen LogP contribution >= 0.6 is 0 Å². The van der Waals surface area contributed by atoms with Crippen molar-refractivity contribution in [2.75, 3.05) is 11.9 Å². The molecular formula is C18H26N2. The lowest BCUT2D eigenvalue weighted by molar-refractivity contribution is 0.430. The monoisotopic (exact) mass is 270 g/mol. The van der Waals surface area contributed by atoms with Gasteiger partial charge in [-0.1, -0.05) is 18.6 Å². The first-order valence-corrected chi connectivity index (χ1v) is 7.88. The molecule has 108 valence electrons. The number of hydrogen-bond acceptors (Lipinski definition) is 2. The van der Waals surface area contributed by atoms with Crippen LogP contribution in [0.1, 0.15) is 57.1 Å². The summed E-state index contributed by atoms with van der Waals surface area (Å²) in [6.45, 7) is 5.06. The molecular weight excluding hydrogens is 244 g/mol. The third-order valence-electron chi connectivity index (χ3n) is 4.24. The van der Waals surface area contributed by atoms with E-state index in [-0.39, 0.29) is 5.41 Å². The number of rotatable bonds is 6. The van der Waals surface area contributed by atoms with Crippen molar-refractivity contribution in [1.82, 2.24) is 0 Å². The predicted molar refractivity (Wildman–Crippen MR) is 84.8 cm³/mol. The molecule has 0 bridgehead atoms. The predicted octanol–water partition coefficient (Wildman–Crippen LogP) is 4.70. The Labute approximate surface area is 123 Å². The van der Waals surface area contributed by atoms with E-state index in [9.17, 15) is 0 Å². The van der Waals surface area contributed by atoms with Gasteiger partial charge in [-0.15, -0.1) is 0 Å². The van der Waals surface area contributed by atoms with Crippen LogP contribution in [0.3, 0.4) is 0 Å². The highest BCUT2D eigenvalue weighted by Crippen LogP contribution is 2.28. The summed E-state index contributed by atoms with van der Waals surface area (Å²) in [5, 5.41) is 12.6. The molecule has 0 saturated carbocycles. The highest BCUT2D eigenvalue weighted by atomic mass is 14.9. The van der Waals surface area contributed by atoms with Gasteiger partial charge in [0.15, 0.2) is 0 Å². The normalized spacial score (nSPS) is 14.4. The minimum absolute atomic E-state index is 0.175. The van der Waals surface area contributed by atoms with E-state index in [1.165, 1.54) is 42.5 Å². The summed E-state index contributed by atoms with van der Waals surface area (Å²) in [6, 6.07) is 9.03. The quantitative estimate of drug-likeness (QED) is 0.761. The molecule has 0 unspecified atom stereocenters. The first kappa shape index (κ1) is 14.9. The summed E-state index contributed by atoms with van der Waals surface area (Å²) in [6.07, 6.45) is 8.35. The van der Waals surface area contributed by atoms with Gasteiger partial charge in [-0.05, 0) is 69.6 Å². The Kier molecular flexibility index (Phi) is 5.06. The Hall–Kier alpha value is -1.49. The molecule has 1 aromatic carbocycles. The summed E-state index contributed by atoms with van der Waals surface area (Å²) in [4.78, 5) is 0. The lowest BCUT2D eigenvalue weighted by Gasteiger charge is -2.20. The van der Waals surface area contributed by atoms with E-state index in [1.807, 2.05) is 13.8 Å². The third-order valence-corrected chi connectivity index (χ3v) is 4.24. The van der Waals surface area contributed by atoms with Gasteiger partial charge in [0.25, 0.3) is 0 Å². The zero-order chi connectivity index (χ0) is 14.4. The molecule has 0 aromatic heterocycles. The van der Waals surface area contributed by atoms with Gasteiger partial charge in [0, 0.05) is 12.2 Å². The summed E-state index contributed by atoms with van der Waals surface area (Å²) in [7, 11) is 0. The maximum Gasteiger partial charge on any atom is 0.0683 e. The number of hydrogen-bond donors (Lipinski definition) is 1. The Morgan fingerprint density at radius 1 is 1.20 bits per heavy atom. The van der Waals surface area contributed by atoms with E-state index >= 15 is 0 Å². The summed E-state index contributed by atoms with van der Waals surface area (Å²) in [5.74, 6) is 0. The lowest BCUT2D eigenvalue weighted by atomic mass is 9.89. The second-order valence-corrected chi connectivity index (χ2v) is 6.53. The van der Waals surface area contributed by atoms with Gasteiger partial charge in [-0.25, -0.2) is 0 Å². The van der Waals surface area contributed by atoms with Gasteiger partial charge in [-0.3, -0.25) is 0 Å². The van der Waals surface area contributed by atoms with Crippen LogP contribution in [-0.2, 0) is 12.8 Å². The topological polar surface area (TPSA) is 35.8 Å². The van der Waals surface area contributed by atoms with Crippen molar-refractivity contribution in [3.05, 3.63) is 29.3 Å². The molecule has 0 amide bonds. The molecule has 0 radical (unpaired) electrons. The molecule has 1 aromatic rings. The minimum Gasteiger partial charge on any atom is -0.385 e. The van der Waals surface area contributed by atoms with Gasteiger partial charge < -0.3 is 5.32 Å². The van der Waals surface area contributed by atoms with Gasteiger partial charge in [0.2, 0.25) is 0 Å². The maximum atomic E-state index is 9.00. The van der Waals surface area contributed by atoms with Crippen LogP contribution in [0.4, 0.5) is 5.69 Å². The molecule has 0 saturated heterocycles. The highest BCUT2D eigenvalue weighted by Gasteiger charge is 2.15. The van der Waals surface area contributed by atoms with E-state index in [4.69, 9.17) is 5.26 Å². The zero-order valence-corrected chi connectivity index (χ0v) is 12.8. The van der Waals surface area contributed by atoms with E-state index < -0.39 is 0 Å². The van der Waals surface area contributed by atoms with E-state index in [2.05, 4.69) is 29.6 Å². The smallest absolute Gasteiger partial charge is 0.0683 e. The van der Waals surface area contributed by atoms with Gasteiger partial charge in [0.05, 0.1) is 11.5 Å². The SMILES string of the molecule is CC(C)(C#N)CCCCNc1cccc2c1CCCC2. The molecule has 1 aliphatic rings. The van der Waals surface area contributed by atoms with Crippen molar-refractivity contribution in [3.63, 3.8) is 0 Å². The molecule has 0 spiro atoms. The standard InChI is InChI=1S/C18H26N2/c1-18(2,14-19)12-5-6-13-20-17-11-7-9-15-8-3-4-10-16(15)17/h7,9,11,20H,3-6,8,10,12-13H2,1-2H3. The second kappa shape index (κ2) is 6.79. The van der Waals surface area contributed by atoms with Crippen LogP contribution in [0.5, 0.6) is 0 Å². The summed E-state index contributed by atoms with van der Waals surface area (Å²) in [5.41, 5.74) is 4.23. The fourth-order valence-electron chi connectivity index (χ4n) is 2.92. The fourth-order valence-corrected chi connectivity index (χ4v) is 2.92. The van der Waals surface area contributed by atoms with Crippen molar-refractivity contribution < 1.29 is 0 Å². The summed E-state index contributed by atoms with van der Waals surface area (Å²) >= 11 is 0. The molecule has 0 atom stereocenters. The average Bonchev–Trinajstić information content (AvgIpc) is 2.47.